The Bertz CT molecular complexity index is 3960. The lowest BCUT2D eigenvalue weighted by atomic mass is 9.97. The fraction of sp³-hybridized carbons (Fsp3) is 0.683. The van der Waals surface area contributed by atoms with E-state index in [4.69, 9.17) is 40.1 Å². The Morgan fingerprint density at radius 3 is 1.40 bits per heavy atom. The molecule has 17 amide bonds. The summed E-state index contributed by atoms with van der Waals surface area (Å²) >= 11 is 0. The van der Waals surface area contributed by atoms with Crippen LogP contribution in [0.3, 0.4) is 0 Å². The van der Waals surface area contributed by atoms with Crippen molar-refractivity contribution in [2.45, 2.75) is 287 Å². The van der Waals surface area contributed by atoms with Gasteiger partial charge >= 0.3 is 5.97 Å². The number of carbonyl (C=O) groups is 18. The number of carboxylic acid groups (broad SMARTS) is 1. The summed E-state index contributed by atoms with van der Waals surface area (Å²) in [6.45, 7) is 10.2. The van der Waals surface area contributed by atoms with Crippen LogP contribution in [0.1, 0.15) is 201 Å². The van der Waals surface area contributed by atoms with Crippen molar-refractivity contribution in [1.29, 1.82) is 0 Å². The minimum atomic E-state index is -1.85. The quantitative estimate of drug-likeness (QED) is 0.0164. The maximum atomic E-state index is 14.6. The largest absolute Gasteiger partial charge is 0.481 e. The normalized spacial score (nSPS) is 20.5. The second kappa shape index (κ2) is 54.1. The molecule has 1 aromatic rings. The summed E-state index contributed by atoms with van der Waals surface area (Å²) in [7, 11) is 0. The van der Waals surface area contributed by atoms with Gasteiger partial charge in [-0.2, -0.15) is 0 Å². The highest BCUT2D eigenvalue weighted by molar-refractivity contribution is 6.00. The Balaban J connectivity index is 1.19. The molecule has 702 valence electrons. The van der Waals surface area contributed by atoms with Crippen molar-refractivity contribution in [3.8, 4) is 0 Å². The van der Waals surface area contributed by atoms with Crippen LogP contribution in [-0.2, 0) is 92.7 Å². The molecule has 4 aliphatic rings. The Hall–Kier alpha value is -11.9. The predicted molar refractivity (Wildman–Crippen MR) is 462 cm³/mol. The first-order chi connectivity index (χ1) is 59.8. The molecule has 0 radical (unpaired) electrons. The van der Waals surface area contributed by atoms with Crippen molar-refractivity contribution in [3.05, 3.63) is 35.9 Å². The van der Waals surface area contributed by atoms with E-state index in [-0.39, 0.29) is 101 Å². The number of amides is 17. The molecule has 0 bridgehead atoms. The molecule has 5 rings (SSSR count). The number of primary amides is 2. The van der Waals surface area contributed by atoms with E-state index in [9.17, 15) is 91.4 Å². The first-order valence-electron chi connectivity index (χ1n) is 43.6. The molecule has 1 saturated heterocycles. The zero-order valence-corrected chi connectivity index (χ0v) is 73.0. The topological polar surface area (TPSA) is 727 Å². The maximum absolute atomic E-state index is 14.6. The highest BCUT2D eigenvalue weighted by atomic mass is 16.4. The predicted octanol–water partition coefficient (Wildman–Crippen LogP) is -6.10. The summed E-state index contributed by atoms with van der Waals surface area (Å²) in [6.07, 6.45) is 5.11. The summed E-state index contributed by atoms with van der Waals surface area (Å²) in [5, 5.41) is 53.2. The molecule has 31 N–H and O–H groups in total. The summed E-state index contributed by atoms with van der Waals surface area (Å²) < 4.78 is 0. The highest BCUT2D eigenvalue weighted by Crippen LogP contribution is 2.30. The molecule has 126 heavy (non-hydrogen) atoms. The molecular formula is C82H135N25O19. The Labute approximate surface area is 733 Å². The van der Waals surface area contributed by atoms with Gasteiger partial charge in [0, 0.05) is 70.1 Å². The molecule has 18 atom stereocenters. The minimum absolute atomic E-state index is 0.0457. The summed E-state index contributed by atoms with van der Waals surface area (Å²) in [6, 6.07) is -7.51. The third-order valence-electron chi connectivity index (χ3n) is 22.5. The van der Waals surface area contributed by atoms with Gasteiger partial charge in [0.1, 0.15) is 54.4 Å². The lowest BCUT2D eigenvalue weighted by Gasteiger charge is -2.29. The van der Waals surface area contributed by atoms with Gasteiger partial charge in [-0.15, -0.1) is 0 Å². The van der Waals surface area contributed by atoms with Gasteiger partial charge in [-0.3, -0.25) is 96.3 Å². The minimum Gasteiger partial charge on any atom is -0.481 e. The van der Waals surface area contributed by atoms with Gasteiger partial charge in [-0.05, 0) is 135 Å². The SMILES string of the molecule is CCCC[C@@H](CC(=O)NCC(=O)N[C@@H](CC(=O)O)C(=O)N[C@@H](C)C(=O)N[C@@H](Cc1ccccc1)C(=O)N[C@@H](CC(N)=O)C(=O)N[C@@H](CCCN=C(N)N)C(N)=O)NC(=O)[C@H](CCCCN)NC(=O)[C@H]1CCC[C@@H]1NC(=O)[C@H](CCC(C)C)NC(=O)[C@H]1CCC[C@@H]1NC(=O)[C@H](CCCN=C(N)N)NC(=O)[C@H]1CCC[C@@H]1NC(=O)[C@H](C)NC(=O)[C@H]1CNC[C@@H]1NC(C)=O. The number of aliphatic carboxylic acids is 1. The number of nitrogens with two attached hydrogens (primary N) is 7. The Morgan fingerprint density at radius 2 is 0.897 bits per heavy atom. The number of unbranched alkanes of at least 4 members (excludes halogenated alkanes) is 2. The lowest BCUT2D eigenvalue weighted by Crippen LogP contribution is -2.59. The number of aliphatic imine (C=N–C) groups is 2. The number of carboxylic acids is 1. The number of hydrogen-bond acceptors (Lipinski definition) is 22. The second-order valence-corrected chi connectivity index (χ2v) is 33.3. The molecule has 4 fully saturated rings. The number of guanidine groups is 2. The van der Waals surface area contributed by atoms with Gasteiger partial charge in [0.05, 0.1) is 49.1 Å². The van der Waals surface area contributed by atoms with Crippen LogP contribution in [0.2, 0.25) is 0 Å². The van der Waals surface area contributed by atoms with E-state index in [1.165, 1.54) is 20.8 Å². The number of carbonyl (C=O) groups excluding carboxylic acids is 17. The average molecular weight is 1780 g/mol. The standard InChI is InChI=1S/C82H135N25O19/c1-7-8-21-48(37-65(110)93-42-66(111)98-62(39-67(112)113)78(124)95-45(5)70(116)106-60(36-47-19-10-9-11-20-47)79(125)107-61(38-64(84)109)80(126)102-56(68(85)114)29-17-34-91-81(86)87)97-75(121)57(25-12-13-33-83)103-72(118)50-23-15-28-55(50)101-77(123)59(32-31-43(2)3)105-73(119)51-24-16-27-54(51)100-76(122)58(30-18-35-92-82(88)89)104-71(117)49-22-14-26-53(49)99-69(115)44(4)94-74(120)52-40-90-41-63(52)96-46(6)108/h9-11,19-20,43-45,48-63,90H,7-8,12-18,21-42,83H2,1-6H3,(H2,84,109)(H2,85,114)(H,93,110)(H,94,120)(H,95,124)(H,96,108)(H,97,121)(H,98,111)(H,99,115)(H,100,122)(H,101,123)(H,102,126)(H,103,118)(H,104,117)(H,105,119)(H,106,116)(H,107,125)(H,112,113)(H4,86,87,91)(H4,88,89,92)/t44-,45-,48-,49-,50-,51-,52-,53-,54-,55-,56-,57-,58-,59-,60-,61-,62-,63-/m0/s1. The van der Waals surface area contributed by atoms with Crippen molar-refractivity contribution in [2.24, 2.45) is 79.7 Å². The fourth-order valence-electron chi connectivity index (χ4n) is 15.7. The van der Waals surface area contributed by atoms with Crippen molar-refractivity contribution in [1.82, 2.24) is 85.1 Å². The van der Waals surface area contributed by atoms with Crippen LogP contribution in [0, 0.1) is 29.6 Å². The summed E-state index contributed by atoms with van der Waals surface area (Å²) in [5.41, 5.74) is 39.2. The molecular weight excluding hydrogens is 1640 g/mol. The van der Waals surface area contributed by atoms with Crippen molar-refractivity contribution in [2.75, 3.05) is 39.3 Å². The summed E-state index contributed by atoms with van der Waals surface area (Å²) in [4.78, 5) is 252. The van der Waals surface area contributed by atoms with E-state index in [1.807, 2.05) is 20.8 Å². The first kappa shape index (κ1) is 105. The van der Waals surface area contributed by atoms with Crippen molar-refractivity contribution < 1.29 is 91.4 Å². The molecule has 3 saturated carbocycles. The smallest absolute Gasteiger partial charge is 0.305 e. The third kappa shape index (κ3) is 37.1. The van der Waals surface area contributed by atoms with E-state index in [1.54, 1.807) is 30.3 Å². The Morgan fingerprint density at radius 1 is 0.429 bits per heavy atom. The zero-order valence-electron chi connectivity index (χ0n) is 73.0. The van der Waals surface area contributed by atoms with Gasteiger partial charge in [0.2, 0.25) is 100 Å². The van der Waals surface area contributed by atoms with Crippen LogP contribution in [0.25, 0.3) is 0 Å². The molecule has 44 heteroatoms. The van der Waals surface area contributed by atoms with E-state index in [0.717, 1.165) is 0 Å². The van der Waals surface area contributed by atoms with Crippen LogP contribution in [0.5, 0.6) is 0 Å². The second-order valence-electron chi connectivity index (χ2n) is 33.3. The van der Waals surface area contributed by atoms with E-state index >= 15 is 0 Å². The first-order valence-corrected chi connectivity index (χ1v) is 43.6. The average Bonchev–Trinajstić information content (AvgIpc) is 1.55. The molecule has 0 unspecified atom stereocenters. The lowest BCUT2D eigenvalue weighted by molar-refractivity contribution is -0.141. The van der Waals surface area contributed by atoms with Crippen LogP contribution in [0.4, 0.5) is 0 Å². The number of benzene rings is 1. The number of rotatable bonds is 55. The van der Waals surface area contributed by atoms with Crippen LogP contribution in [0.15, 0.2) is 40.3 Å². The van der Waals surface area contributed by atoms with Crippen LogP contribution < -0.4 is 125 Å². The molecule has 44 nitrogen and oxygen atoms in total. The van der Waals surface area contributed by atoms with Crippen LogP contribution >= 0.6 is 0 Å². The molecule has 1 heterocycles. The third-order valence-corrected chi connectivity index (χ3v) is 22.5. The molecule has 1 aliphatic heterocycles. The number of nitrogens with zero attached hydrogens (tertiary/aromatic N) is 2. The van der Waals surface area contributed by atoms with Gasteiger partial charge < -0.3 is 130 Å². The maximum Gasteiger partial charge on any atom is 0.305 e. The van der Waals surface area contributed by atoms with Crippen molar-refractivity contribution >= 4 is 118 Å². The van der Waals surface area contributed by atoms with Gasteiger partial charge in [-0.1, -0.05) is 83.2 Å². The monoisotopic (exact) mass is 1770 g/mol. The number of hydrogen-bond donors (Lipinski definition) is 24. The molecule has 1 aromatic carbocycles. The van der Waals surface area contributed by atoms with Gasteiger partial charge in [0.25, 0.3) is 0 Å². The molecule has 0 aromatic heterocycles. The Kier molecular flexibility index (Phi) is 45.0. The highest BCUT2D eigenvalue weighted by Gasteiger charge is 2.44. The molecule has 0 spiro atoms. The van der Waals surface area contributed by atoms with E-state index in [2.05, 4.69) is 95.1 Å². The fourth-order valence-corrected chi connectivity index (χ4v) is 15.7. The zero-order chi connectivity index (χ0) is 93.3. The van der Waals surface area contributed by atoms with Gasteiger partial charge in [0.15, 0.2) is 11.9 Å². The van der Waals surface area contributed by atoms with Crippen molar-refractivity contribution in [3.63, 3.8) is 0 Å². The van der Waals surface area contributed by atoms with E-state index < -0.39 is 228 Å². The number of nitrogens with one attached hydrogen (secondary N) is 16. The summed E-state index contributed by atoms with van der Waals surface area (Å²) in [5.74, 6) is -17.4. The van der Waals surface area contributed by atoms with Crippen LogP contribution in [-0.4, -0.2) is 247 Å². The van der Waals surface area contributed by atoms with E-state index in [0.29, 0.717) is 109 Å². The van der Waals surface area contributed by atoms with Gasteiger partial charge in [-0.25, -0.2) is 0 Å². The molecule has 3 aliphatic carbocycles.